The Labute approximate surface area is 162 Å². The first kappa shape index (κ1) is 18.9. The molecular formula is C20H20ClN3O3. The maximum Gasteiger partial charge on any atom is 0.251 e. The van der Waals surface area contributed by atoms with Crippen LogP contribution in [0.1, 0.15) is 36.1 Å². The molecule has 1 amide bonds. The van der Waals surface area contributed by atoms with Gasteiger partial charge in [-0.05, 0) is 54.4 Å². The van der Waals surface area contributed by atoms with Crippen molar-refractivity contribution in [2.75, 3.05) is 7.11 Å². The van der Waals surface area contributed by atoms with E-state index in [1.165, 1.54) is 0 Å². The molecule has 1 atom stereocenters. The van der Waals surface area contributed by atoms with E-state index in [9.17, 15) is 4.79 Å². The summed E-state index contributed by atoms with van der Waals surface area (Å²) in [5.74, 6) is 1.40. The van der Waals surface area contributed by atoms with Crippen LogP contribution < -0.4 is 10.1 Å². The lowest BCUT2D eigenvalue weighted by molar-refractivity contribution is 0.0914. The molecule has 0 aliphatic heterocycles. The van der Waals surface area contributed by atoms with Crippen LogP contribution >= 0.6 is 11.6 Å². The third-order valence-electron chi connectivity index (χ3n) is 4.12. The van der Waals surface area contributed by atoms with E-state index in [-0.39, 0.29) is 11.8 Å². The molecular weight excluding hydrogens is 366 g/mol. The van der Waals surface area contributed by atoms with Crippen LogP contribution in [0.2, 0.25) is 5.02 Å². The maximum absolute atomic E-state index is 12.5. The molecule has 6 nitrogen and oxygen atoms in total. The fourth-order valence-electron chi connectivity index (χ4n) is 2.56. The number of hydrogen-bond donors (Lipinski definition) is 1. The SMILES string of the molecule is COc1ccc(-c2noc([C@H](NC(=O)c3ccc(Cl)cc3)C(C)C)n2)cc1. The summed E-state index contributed by atoms with van der Waals surface area (Å²) in [5.41, 5.74) is 1.32. The highest BCUT2D eigenvalue weighted by Gasteiger charge is 2.25. The monoisotopic (exact) mass is 385 g/mol. The number of carbonyl (C=O) groups is 1. The minimum Gasteiger partial charge on any atom is -0.497 e. The number of ether oxygens (including phenoxy) is 1. The third-order valence-corrected chi connectivity index (χ3v) is 4.37. The number of halogens is 1. The van der Waals surface area contributed by atoms with Gasteiger partial charge in [-0.3, -0.25) is 4.79 Å². The molecule has 1 heterocycles. The van der Waals surface area contributed by atoms with Gasteiger partial charge in [0.25, 0.3) is 5.91 Å². The van der Waals surface area contributed by atoms with Gasteiger partial charge in [0.05, 0.1) is 7.11 Å². The van der Waals surface area contributed by atoms with E-state index in [2.05, 4.69) is 15.5 Å². The number of nitrogens with zero attached hydrogens (tertiary/aromatic N) is 2. The predicted octanol–water partition coefficient (Wildman–Crippen LogP) is 4.53. The Morgan fingerprint density at radius 1 is 1.11 bits per heavy atom. The zero-order valence-corrected chi connectivity index (χ0v) is 16.0. The summed E-state index contributed by atoms with van der Waals surface area (Å²) in [5, 5.41) is 7.57. The lowest BCUT2D eigenvalue weighted by atomic mass is 10.0. The molecule has 27 heavy (non-hydrogen) atoms. The van der Waals surface area contributed by atoms with E-state index < -0.39 is 6.04 Å². The molecule has 0 aliphatic rings. The van der Waals surface area contributed by atoms with Crippen LogP contribution in [0.4, 0.5) is 0 Å². The fraction of sp³-hybridized carbons (Fsp3) is 0.250. The van der Waals surface area contributed by atoms with Gasteiger partial charge in [0.15, 0.2) is 0 Å². The van der Waals surface area contributed by atoms with Crippen molar-refractivity contribution in [2.24, 2.45) is 5.92 Å². The highest BCUT2D eigenvalue weighted by atomic mass is 35.5. The molecule has 0 bridgehead atoms. The van der Waals surface area contributed by atoms with Crippen LogP contribution in [-0.2, 0) is 0 Å². The first-order chi connectivity index (χ1) is 13.0. The second-order valence-corrected chi connectivity index (χ2v) is 6.82. The van der Waals surface area contributed by atoms with Crippen molar-refractivity contribution in [1.82, 2.24) is 15.5 Å². The first-order valence-electron chi connectivity index (χ1n) is 8.52. The molecule has 0 spiro atoms. The van der Waals surface area contributed by atoms with Crippen LogP contribution in [0, 0.1) is 5.92 Å². The molecule has 0 aliphatic carbocycles. The average molecular weight is 386 g/mol. The topological polar surface area (TPSA) is 77.3 Å². The summed E-state index contributed by atoms with van der Waals surface area (Å²) in [7, 11) is 1.61. The fourth-order valence-corrected chi connectivity index (χ4v) is 2.68. The molecule has 0 unspecified atom stereocenters. The lowest BCUT2D eigenvalue weighted by Crippen LogP contribution is -2.32. The van der Waals surface area contributed by atoms with Gasteiger partial charge in [-0.2, -0.15) is 4.98 Å². The Bertz CT molecular complexity index is 905. The Kier molecular flexibility index (Phi) is 5.76. The van der Waals surface area contributed by atoms with Gasteiger partial charge in [-0.1, -0.05) is 30.6 Å². The van der Waals surface area contributed by atoms with Crippen molar-refractivity contribution in [3.63, 3.8) is 0 Å². The minimum absolute atomic E-state index is 0.0606. The van der Waals surface area contributed by atoms with Crippen LogP contribution in [0.5, 0.6) is 5.75 Å². The van der Waals surface area contributed by atoms with Crippen molar-refractivity contribution in [1.29, 1.82) is 0 Å². The largest absolute Gasteiger partial charge is 0.497 e. The van der Waals surface area contributed by atoms with E-state index in [0.717, 1.165) is 11.3 Å². The molecule has 3 aromatic rings. The van der Waals surface area contributed by atoms with Crippen molar-refractivity contribution < 1.29 is 14.1 Å². The molecule has 2 aromatic carbocycles. The van der Waals surface area contributed by atoms with Gasteiger partial charge in [-0.15, -0.1) is 0 Å². The zero-order valence-electron chi connectivity index (χ0n) is 15.3. The van der Waals surface area contributed by atoms with Crippen LogP contribution in [0.3, 0.4) is 0 Å². The number of benzene rings is 2. The van der Waals surface area contributed by atoms with Gasteiger partial charge < -0.3 is 14.6 Å². The predicted molar refractivity (Wildman–Crippen MR) is 103 cm³/mol. The minimum atomic E-state index is -0.410. The second-order valence-electron chi connectivity index (χ2n) is 6.39. The maximum atomic E-state index is 12.5. The molecule has 0 radical (unpaired) electrons. The summed E-state index contributed by atoms with van der Waals surface area (Å²) < 4.78 is 10.6. The highest BCUT2D eigenvalue weighted by Crippen LogP contribution is 2.25. The van der Waals surface area contributed by atoms with Crippen LogP contribution in [0.25, 0.3) is 11.4 Å². The summed E-state index contributed by atoms with van der Waals surface area (Å²) in [6, 6.07) is 13.6. The normalized spacial score (nSPS) is 12.0. The number of nitrogens with one attached hydrogen (secondary N) is 1. The van der Waals surface area contributed by atoms with Crippen molar-refractivity contribution in [2.45, 2.75) is 19.9 Å². The van der Waals surface area contributed by atoms with E-state index in [1.807, 2.05) is 38.1 Å². The van der Waals surface area contributed by atoms with Gasteiger partial charge in [0.2, 0.25) is 11.7 Å². The van der Waals surface area contributed by atoms with Crippen molar-refractivity contribution >= 4 is 17.5 Å². The Balaban J connectivity index is 1.79. The van der Waals surface area contributed by atoms with E-state index in [1.54, 1.807) is 31.4 Å². The average Bonchev–Trinajstić information content (AvgIpc) is 3.16. The lowest BCUT2D eigenvalue weighted by Gasteiger charge is -2.18. The van der Waals surface area contributed by atoms with E-state index >= 15 is 0 Å². The molecule has 1 aromatic heterocycles. The Morgan fingerprint density at radius 2 is 1.78 bits per heavy atom. The Morgan fingerprint density at radius 3 is 2.37 bits per heavy atom. The first-order valence-corrected chi connectivity index (χ1v) is 8.90. The van der Waals surface area contributed by atoms with Crippen molar-refractivity contribution in [3.8, 4) is 17.1 Å². The number of carbonyl (C=O) groups excluding carboxylic acids is 1. The van der Waals surface area contributed by atoms with E-state index in [4.69, 9.17) is 20.9 Å². The molecule has 0 saturated carbocycles. The van der Waals surface area contributed by atoms with Crippen LogP contribution in [0.15, 0.2) is 53.1 Å². The number of amides is 1. The number of hydrogen-bond acceptors (Lipinski definition) is 5. The number of rotatable bonds is 6. The summed E-state index contributed by atoms with van der Waals surface area (Å²) >= 11 is 5.88. The van der Waals surface area contributed by atoms with Gasteiger partial charge >= 0.3 is 0 Å². The molecule has 3 rings (SSSR count). The molecule has 140 valence electrons. The summed E-state index contributed by atoms with van der Waals surface area (Å²) in [6.07, 6.45) is 0. The number of aromatic nitrogens is 2. The zero-order chi connectivity index (χ0) is 19.4. The standard InChI is InChI=1S/C20H20ClN3O3/c1-12(2)17(22-19(25)14-4-8-15(21)9-5-14)20-23-18(24-27-20)13-6-10-16(26-3)11-7-13/h4-12,17H,1-3H3,(H,22,25)/t17-/m1/s1. The highest BCUT2D eigenvalue weighted by molar-refractivity contribution is 6.30. The second kappa shape index (κ2) is 8.22. The van der Waals surface area contributed by atoms with Crippen LogP contribution in [-0.4, -0.2) is 23.2 Å². The molecule has 7 heteroatoms. The molecule has 0 fully saturated rings. The molecule has 0 saturated heterocycles. The quantitative estimate of drug-likeness (QED) is 0.674. The van der Waals surface area contributed by atoms with Gasteiger partial charge in [0, 0.05) is 16.1 Å². The summed E-state index contributed by atoms with van der Waals surface area (Å²) in [4.78, 5) is 17.0. The number of methoxy groups -OCH3 is 1. The van der Waals surface area contributed by atoms with E-state index in [0.29, 0.717) is 22.3 Å². The molecule has 1 N–H and O–H groups in total. The smallest absolute Gasteiger partial charge is 0.251 e. The summed E-state index contributed by atoms with van der Waals surface area (Å²) in [6.45, 7) is 3.95. The van der Waals surface area contributed by atoms with Gasteiger partial charge in [-0.25, -0.2) is 0 Å². The van der Waals surface area contributed by atoms with Crippen molar-refractivity contribution in [3.05, 3.63) is 65.0 Å². The third kappa shape index (κ3) is 4.46. The van der Waals surface area contributed by atoms with Gasteiger partial charge in [0.1, 0.15) is 11.8 Å². The Hall–Kier alpha value is -2.86.